The van der Waals surface area contributed by atoms with Crippen molar-refractivity contribution in [1.29, 1.82) is 0 Å². The van der Waals surface area contributed by atoms with Gasteiger partial charge in [-0.15, -0.1) is 11.8 Å². The topological polar surface area (TPSA) is 46.4 Å². The third-order valence-electron chi connectivity index (χ3n) is 5.18. The fraction of sp³-hybridized carbons (Fsp3) is 0.0769. The van der Waals surface area contributed by atoms with Crippen LogP contribution in [0.15, 0.2) is 96.0 Å². The minimum absolute atomic E-state index is 0.0577. The van der Waals surface area contributed by atoms with E-state index in [2.05, 4.69) is 35.6 Å². The monoisotopic (exact) mass is 423 g/mol. The van der Waals surface area contributed by atoms with Gasteiger partial charge in [-0.1, -0.05) is 60.7 Å². The van der Waals surface area contributed by atoms with Gasteiger partial charge in [-0.05, 0) is 47.5 Å². The van der Waals surface area contributed by atoms with Gasteiger partial charge in [0.1, 0.15) is 17.2 Å². The maximum atomic E-state index is 12.9. The molecule has 3 aromatic carbocycles. The van der Waals surface area contributed by atoms with Crippen molar-refractivity contribution >= 4 is 39.9 Å². The Morgan fingerprint density at radius 3 is 2.55 bits per heavy atom. The minimum Gasteiger partial charge on any atom is -0.309 e. The molecule has 5 heteroatoms. The number of pyridine rings is 1. The molecule has 0 radical (unpaired) electrons. The number of imidazole rings is 1. The zero-order valence-electron chi connectivity index (χ0n) is 17.1. The van der Waals surface area contributed by atoms with Gasteiger partial charge < -0.3 is 5.32 Å². The Labute approximate surface area is 184 Å². The number of aryl methyl sites for hydroxylation is 1. The Kier molecular flexibility index (Phi) is 5.18. The first-order valence-corrected chi connectivity index (χ1v) is 11.1. The summed E-state index contributed by atoms with van der Waals surface area (Å²) >= 11 is 1.53. The van der Waals surface area contributed by atoms with Crippen molar-refractivity contribution in [3.05, 3.63) is 96.7 Å². The van der Waals surface area contributed by atoms with E-state index in [4.69, 9.17) is 4.98 Å². The summed E-state index contributed by atoms with van der Waals surface area (Å²) in [5.74, 6) is 0.967. The van der Waals surface area contributed by atoms with Gasteiger partial charge in [0.05, 0.1) is 5.75 Å². The van der Waals surface area contributed by atoms with E-state index in [9.17, 15) is 4.79 Å². The summed E-state index contributed by atoms with van der Waals surface area (Å²) in [5, 5.41) is 5.48. The fourth-order valence-electron chi connectivity index (χ4n) is 3.64. The number of nitrogens with one attached hydrogen (secondary N) is 1. The van der Waals surface area contributed by atoms with Gasteiger partial charge in [0, 0.05) is 16.7 Å². The smallest absolute Gasteiger partial charge is 0.235 e. The maximum absolute atomic E-state index is 12.9. The molecule has 152 valence electrons. The van der Waals surface area contributed by atoms with Gasteiger partial charge in [0.2, 0.25) is 5.91 Å². The first-order valence-electron chi connectivity index (χ1n) is 10.1. The zero-order chi connectivity index (χ0) is 21.2. The molecule has 0 fully saturated rings. The van der Waals surface area contributed by atoms with Crippen molar-refractivity contribution in [2.24, 2.45) is 0 Å². The highest BCUT2D eigenvalue weighted by molar-refractivity contribution is 8.00. The number of amides is 1. The Bertz CT molecular complexity index is 1390. The zero-order valence-corrected chi connectivity index (χ0v) is 17.9. The third-order valence-corrected chi connectivity index (χ3v) is 6.17. The van der Waals surface area contributed by atoms with Crippen molar-refractivity contribution < 1.29 is 4.79 Å². The summed E-state index contributed by atoms with van der Waals surface area (Å²) in [6, 6.07) is 28.5. The number of benzene rings is 3. The van der Waals surface area contributed by atoms with Crippen LogP contribution in [-0.2, 0) is 4.79 Å². The normalized spacial score (nSPS) is 11.1. The van der Waals surface area contributed by atoms with Crippen LogP contribution in [0.2, 0.25) is 0 Å². The second-order valence-electron chi connectivity index (χ2n) is 7.45. The quantitative estimate of drug-likeness (QED) is 0.343. The van der Waals surface area contributed by atoms with E-state index >= 15 is 0 Å². The van der Waals surface area contributed by atoms with Crippen LogP contribution in [0.5, 0.6) is 0 Å². The van der Waals surface area contributed by atoms with Crippen LogP contribution in [0.1, 0.15) is 5.56 Å². The molecular formula is C26H21N3OS. The van der Waals surface area contributed by atoms with E-state index in [1.807, 2.05) is 72.1 Å². The molecule has 2 heterocycles. The summed E-state index contributed by atoms with van der Waals surface area (Å²) in [7, 11) is 0. The highest BCUT2D eigenvalue weighted by Crippen LogP contribution is 2.30. The Morgan fingerprint density at radius 1 is 0.935 bits per heavy atom. The average Bonchev–Trinajstić information content (AvgIpc) is 3.15. The molecule has 0 unspecified atom stereocenters. The molecule has 1 amide bonds. The van der Waals surface area contributed by atoms with Gasteiger partial charge in [0.25, 0.3) is 0 Å². The number of rotatable bonds is 5. The Balaban J connectivity index is 1.40. The van der Waals surface area contributed by atoms with Gasteiger partial charge >= 0.3 is 0 Å². The van der Waals surface area contributed by atoms with Crippen molar-refractivity contribution in [3.63, 3.8) is 0 Å². The summed E-state index contributed by atoms with van der Waals surface area (Å²) in [6.07, 6.45) is 1.95. The lowest BCUT2D eigenvalue weighted by atomic mass is 10.1. The van der Waals surface area contributed by atoms with Gasteiger partial charge in [-0.2, -0.15) is 0 Å². The molecule has 0 bridgehead atoms. The van der Waals surface area contributed by atoms with E-state index in [1.54, 1.807) is 0 Å². The largest absolute Gasteiger partial charge is 0.309 e. The van der Waals surface area contributed by atoms with Crippen LogP contribution in [0.25, 0.3) is 27.7 Å². The van der Waals surface area contributed by atoms with Gasteiger partial charge in [0.15, 0.2) is 0 Å². The molecule has 5 rings (SSSR count). The number of thioether (sulfide) groups is 1. The van der Waals surface area contributed by atoms with E-state index in [0.29, 0.717) is 11.6 Å². The second-order valence-corrected chi connectivity index (χ2v) is 8.50. The molecule has 4 nitrogen and oxygen atoms in total. The Hall–Kier alpha value is -3.57. The summed E-state index contributed by atoms with van der Waals surface area (Å²) in [6.45, 7) is 2.04. The molecule has 2 aromatic heterocycles. The minimum atomic E-state index is -0.0577. The van der Waals surface area contributed by atoms with Crippen molar-refractivity contribution in [2.45, 2.75) is 11.8 Å². The van der Waals surface area contributed by atoms with Crippen LogP contribution >= 0.6 is 11.8 Å². The highest BCUT2D eigenvalue weighted by atomic mass is 32.2. The van der Waals surface area contributed by atoms with E-state index in [0.717, 1.165) is 27.4 Å². The molecule has 0 aliphatic rings. The lowest BCUT2D eigenvalue weighted by Crippen LogP contribution is -2.16. The first-order chi connectivity index (χ1) is 15.2. The summed E-state index contributed by atoms with van der Waals surface area (Å²) in [5.41, 5.74) is 3.69. The number of hydrogen-bond donors (Lipinski definition) is 1. The van der Waals surface area contributed by atoms with Crippen molar-refractivity contribution in [1.82, 2.24) is 9.38 Å². The van der Waals surface area contributed by atoms with E-state index in [1.165, 1.54) is 22.5 Å². The number of hydrogen-bond acceptors (Lipinski definition) is 3. The fourth-order valence-corrected chi connectivity index (χ4v) is 4.38. The predicted molar refractivity (Wildman–Crippen MR) is 129 cm³/mol. The molecule has 0 atom stereocenters. The van der Waals surface area contributed by atoms with Crippen molar-refractivity contribution in [3.8, 4) is 11.3 Å². The molecule has 5 aromatic rings. The molecule has 0 aliphatic carbocycles. The number of aromatic nitrogens is 2. The van der Waals surface area contributed by atoms with Gasteiger partial charge in [-0.25, -0.2) is 4.98 Å². The predicted octanol–water partition coefficient (Wildman–Crippen LogP) is 6.19. The summed E-state index contributed by atoms with van der Waals surface area (Å²) < 4.78 is 1.94. The molecule has 1 N–H and O–H groups in total. The average molecular weight is 424 g/mol. The van der Waals surface area contributed by atoms with Gasteiger partial charge in [-0.3, -0.25) is 9.20 Å². The molecule has 31 heavy (non-hydrogen) atoms. The van der Waals surface area contributed by atoms with E-state index < -0.39 is 0 Å². The first kappa shape index (κ1) is 19.4. The molecule has 0 saturated heterocycles. The van der Waals surface area contributed by atoms with Crippen LogP contribution in [0.4, 0.5) is 5.82 Å². The number of carbonyl (C=O) groups excluding carboxylic acids is 1. The lowest BCUT2D eigenvalue weighted by Gasteiger charge is -2.08. The van der Waals surface area contributed by atoms with Crippen LogP contribution in [-0.4, -0.2) is 21.0 Å². The standard InChI is InChI=1S/C26H21N3OS/c1-18-13-14-29-23(15-18)27-25(20-8-3-2-4-9-20)26(29)28-24(30)17-31-22-12-11-19-7-5-6-10-21(19)16-22/h2-16H,17H2,1H3,(H,28,30). The second kappa shape index (κ2) is 8.28. The molecule has 0 aliphatic heterocycles. The van der Waals surface area contributed by atoms with Crippen LogP contribution in [0, 0.1) is 6.92 Å². The molecule has 0 spiro atoms. The van der Waals surface area contributed by atoms with Crippen molar-refractivity contribution in [2.75, 3.05) is 11.1 Å². The van der Waals surface area contributed by atoms with Crippen LogP contribution < -0.4 is 5.32 Å². The SMILES string of the molecule is Cc1ccn2c(NC(=O)CSc3ccc4ccccc4c3)c(-c3ccccc3)nc2c1. The van der Waals surface area contributed by atoms with E-state index in [-0.39, 0.29) is 5.91 Å². The van der Waals surface area contributed by atoms with Crippen LogP contribution in [0.3, 0.4) is 0 Å². The summed E-state index contributed by atoms with van der Waals surface area (Å²) in [4.78, 5) is 18.7. The third kappa shape index (κ3) is 4.05. The molecular weight excluding hydrogens is 402 g/mol. The number of fused-ring (bicyclic) bond motifs is 2. The number of nitrogens with zero attached hydrogens (tertiary/aromatic N) is 2. The maximum Gasteiger partial charge on any atom is 0.235 e. The number of anilines is 1. The highest BCUT2D eigenvalue weighted by Gasteiger charge is 2.16. The number of carbonyl (C=O) groups is 1. The lowest BCUT2D eigenvalue weighted by molar-refractivity contribution is -0.113. The Morgan fingerprint density at radius 2 is 1.71 bits per heavy atom. The molecule has 0 saturated carbocycles.